The maximum atomic E-state index is 11.5. The number of hydrogen-bond acceptors (Lipinski definition) is 3. The van der Waals surface area contributed by atoms with Crippen molar-refractivity contribution in [3.8, 4) is 0 Å². The third-order valence-corrected chi connectivity index (χ3v) is 2.76. The Balaban J connectivity index is 2.06. The van der Waals surface area contributed by atoms with Gasteiger partial charge in [0.25, 0.3) is 0 Å². The monoisotopic (exact) mass is 229 g/mol. The first-order chi connectivity index (χ1) is 7.61. The number of rotatable bonds is 6. The molecule has 1 heterocycles. The molecule has 5 heteroatoms. The summed E-state index contributed by atoms with van der Waals surface area (Å²) in [4.78, 5) is 22.0. The van der Waals surface area contributed by atoms with Crippen molar-refractivity contribution < 1.29 is 19.4 Å². The third-order valence-electron chi connectivity index (χ3n) is 2.76. The van der Waals surface area contributed by atoms with Gasteiger partial charge in [-0.25, -0.2) is 0 Å². The lowest BCUT2D eigenvalue weighted by Crippen LogP contribution is -2.34. The Hall–Kier alpha value is -1.10. The van der Waals surface area contributed by atoms with E-state index in [1.165, 1.54) is 0 Å². The second-order valence-corrected chi connectivity index (χ2v) is 4.17. The van der Waals surface area contributed by atoms with Crippen molar-refractivity contribution in [3.63, 3.8) is 0 Å². The first kappa shape index (κ1) is 13.0. The van der Waals surface area contributed by atoms with Gasteiger partial charge < -0.3 is 15.2 Å². The molecule has 1 aliphatic heterocycles. The topological polar surface area (TPSA) is 75.6 Å². The number of amides is 1. The Morgan fingerprint density at radius 3 is 2.88 bits per heavy atom. The molecule has 0 aromatic heterocycles. The number of carboxylic acids is 1. The van der Waals surface area contributed by atoms with Crippen LogP contribution in [0.5, 0.6) is 0 Å². The number of carboxylic acid groups (broad SMARTS) is 1. The van der Waals surface area contributed by atoms with Crippen molar-refractivity contribution in [3.05, 3.63) is 0 Å². The summed E-state index contributed by atoms with van der Waals surface area (Å²) in [5.74, 6) is -1.20. The highest BCUT2D eigenvalue weighted by Crippen LogP contribution is 2.11. The van der Waals surface area contributed by atoms with E-state index < -0.39 is 5.97 Å². The van der Waals surface area contributed by atoms with E-state index >= 15 is 0 Å². The van der Waals surface area contributed by atoms with Gasteiger partial charge in [0, 0.05) is 13.2 Å². The van der Waals surface area contributed by atoms with Crippen molar-refractivity contribution >= 4 is 11.9 Å². The summed E-state index contributed by atoms with van der Waals surface area (Å²) in [6, 6.07) is 0. The van der Waals surface area contributed by atoms with Gasteiger partial charge in [-0.2, -0.15) is 0 Å². The molecule has 1 aliphatic rings. The Morgan fingerprint density at radius 2 is 2.31 bits per heavy atom. The van der Waals surface area contributed by atoms with Crippen LogP contribution in [0, 0.1) is 5.92 Å². The van der Waals surface area contributed by atoms with Crippen LogP contribution in [0.15, 0.2) is 0 Å². The van der Waals surface area contributed by atoms with Crippen LogP contribution in [0.3, 0.4) is 0 Å². The number of aliphatic carboxylic acids is 1. The van der Waals surface area contributed by atoms with Crippen LogP contribution >= 0.6 is 0 Å². The summed E-state index contributed by atoms with van der Waals surface area (Å²) < 4.78 is 5.22. The Labute approximate surface area is 95.2 Å². The maximum Gasteiger partial charge on any atom is 0.306 e. The largest absolute Gasteiger partial charge is 0.481 e. The lowest BCUT2D eigenvalue weighted by molar-refractivity contribution is -0.141. The highest BCUT2D eigenvalue weighted by Gasteiger charge is 2.22. The fourth-order valence-electron chi connectivity index (χ4n) is 1.64. The Morgan fingerprint density at radius 1 is 1.56 bits per heavy atom. The molecule has 0 saturated carbocycles. The SMILES string of the molecule is CC(CCCNC(=O)C1CCCO1)C(=O)O. The van der Waals surface area contributed by atoms with Crippen molar-refractivity contribution in [1.29, 1.82) is 0 Å². The number of hydrogen-bond donors (Lipinski definition) is 2. The summed E-state index contributed by atoms with van der Waals surface area (Å²) in [5, 5.41) is 11.4. The minimum atomic E-state index is -0.787. The molecule has 16 heavy (non-hydrogen) atoms. The molecule has 2 atom stereocenters. The van der Waals surface area contributed by atoms with Crippen LogP contribution in [0.1, 0.15) is 32.6 Å². The number of ether oxygens (including phenoxy) is 1. The second-order valence-electron chi connectivity index (χ2n) is 4.17. The molecule has 0 radical (unpaired) electrons. The first-order valence-corrected chi connectivity index (χ1v) is 5.73. The summed E-state index contributed by atoms with van der Waals surface area (Å²) in [7, 11) is 0. The minimum Gasteiger partial charge on any atom is -0.481 e. The highest BCUT2D eigenvalue weighted by atomic mass is 16.5. The molecule has 2 N–H and O–H groups in total. The molecule has 1 saturated heterocycles. The van der Waals surface area contributed by atoms with Crippen molar-refractivity contribution in [1.82, 2.24) is 5.32 Å². The van der Waals surface area contributed by atoms with Gasteiger partial charge in [0.15, 0.2) is 0 Å². The van der Waals surface area contributed by atoms with E-state index in [2.05, 4.69) is 5.32 Å². The fourth-order valence-corrected chi connectivity index (χ4v) is 1.64. The molecule has 0 spiro atoms. The highest BCUT2D eigenvalue weighted by molar-refractivity contribution is 5.80. The smallest absolute Gasteiger partial charge is 0.306 e. The normalized spacial score (nSPS) is 21.7. The van der Waals surface area contributed by atoms with Gasteiger partial charge in [-0.3, -0.25) is 9.59 Å². The van der Waals surface area contributed by atoms with Gasteiger partial charge >= 0.3 is 5.97 Å². The zero-order valence-electron chi connectivity index (χ0n) is 9.57. The number of nitrogens with one attached hydrogen (secondary N) is 1. The average molecular weight is 229 g/mol. The third kappa shape index (κ3) is 4.18. The van der Waals surface area contributed by atoms with Crippen LogP contribution < -0.4 is 5.32 Å². The van der Waals surface area contributed by atoms with Crippen molar-refractivity contribution in [2.45, 2.75) is 38.7 Å². The molecule has 5 nitrogen and oxygen atoms in total. The van der Waals surface area contributed by atoms with Gasteiger partial charge in [-0.05, 0) is 25.7 Å². The summed E-state index contributed by atoms with van der Waals surface area (Å²) in [6.45, 7) is 2.86. The van der Waals surface area contributed by atoms with Crippen molar-refractivity contribution in [2.24, 2.45) is 5.92 Å². The maximum absolute atomic E-state index is 11.5. The van der Waals surface area contributed by atoms with E-state index in [0.29, 0.717) is 26.0 Å². The molecule has 0 bridgehead atoms. The van der Waals surface area contributed by atoms with Crippen LogP contribution in [0.25, 0.3) is 0 Å². The predicted molar refractivity (Wildman–Crippen MR) is 58.0 cm³/mol. The first-order valence-electron chi connectivity index (χ1n) is 5.73. The number of carbonyl (C=O) groups excluding carboxylic acids is 1. The lowest BCUT2D eigenvalue weighted by Gasteiger charge is -2.11. The minimum absolute atomic E-state index is 0.0690. The molecular formula is C11H19NO4. The molecule has 0 aromatic rings. The molecular weight excluding hydrogens is 210 g/mol. The van der Waals surface area contributed by atoms with E-state index in [4.69, 9.17) is 9.84 Å². The molecule has 0 aliphatic carbocycles. The van der Waals surface area contributed by atoms with E-state index in [1.54, 1.807) is 6.92 Å². The zero-order chi connectivity index (χ0) is 12.0. The van der Waals surface area contributed by atoms with Gasteiger partial charge in [0.2, 0.25) is 5.91 Å². The molecule has 1 rings (SSSR count). The zero-order valence-corrected chi connectivity index (χ0v) is 9.57. The van der Waals surface area contributed by atoms with E-state index in [1.807, 2.05) is 0 Å². The van der Waals surface area contributed by atoms with Crippen LogP contribution in [-0.4, -0.2) is 36.2 Å². The molecule has 1 fully saturated rings. The van der Waals surface area contributed by atoms with Gasteiger partial charge in [-0.1, -0.05) is 6.92 Å². The van der Waals surface area contributed by atoms with E-state index in [9.17, 15) is 9.59 Å². The van der Waals surface area contributed by atoms with Gasteiger partial charge in [0.05, 0.1) is 5.92 Å². The number of carbonyl (C=O) groups is 2. The Kier molecular flexibility index (Phi) is 5.25. The van der Waals surface area contributed by atoms with Crippen LogP contribution in [0.4, 0.5) is 0 Å². The standard InChI is InChI=1S/C11H19NO4/c1-8(11(14)15)4-2-6-12-10(13)9-5-3-7-16-9/h8-9H,2-7H2,1H3,(H,12,13)(H,14,15). The van der Waals surface area contributed by atoms with E-state index in [-0.39, 0.29) is 17.9 Å². The quantitative estimate of drug-likeness (QED) is 0.660. The summed E-state index contributed by atoms with van der Waals surface area (Å²) in [5.41, 5.74) is 0. The van der Waals surface area contributed by atoms with Gasteiger partial charge in [0.1, 0.15) is 6.10 Å². The second kappa shape index (κ2) is 6.48. The molecule has 92 valence electrons. The molecule has 1 amide bonds. The van der Waals surface area contributed by atoms with Gasteiger partial charge in [-0.15, -0.1) is 0 Å². The lowest BCUT2D eigenvalue weighted by atomic mass is 10.1. The van der Waals surface area contributed by atoms with Crippen LogP contribution in [0.2, 0.25) is 0 Å². The molecule has 0 aromatic carbocycles. The van der Waals surface area contributed by atoms with Crippen LogP contribution in [-0.2, 0) is 14.3 Å². The summed E-state index contributed by atoms with van der Waals surface area (Å²) >= 11 is 0. The van der Waals surface area contributed by atoms with Crippen molar-refractivity contribution in [2.75, 3.05) is 13.2 Å². The average Bonchev–Trinajstić information content (AvgIpc) is 2.76. The fraction of sp³-hybridized carbons (Fsp3) is 0.818. The predicted octanol–water partition coefficient (Wildman–Crippen LogP) is 0.782. The summed E-state index contributed by atoms with van der Waals surface area (Å²) in [6.07, 6.45) is 2.70. The van der Waals surface area contributed by atoms with E-state index in [0.717, 1.165) is 12.8 Å². The molecule has 2 unspecified atom stereocenters. The Bertz CT molecular complexity index is 248.